The Kier molecular flexibility index (Phi) is 5.65. The summed E-state index contributed by atoms with van der Waals surface area (Å²) >= 11 is 2.15. The number of benzene rings is 1. The van der Waals surface area contributed by atoms with Crippen LogP contribution in [-0.2, 0) is 14.8 Å². The average Bonchev–Trinajstić information content (AvgIpc) is 3.29. The van der Waals surface area contributed by atoms with Gasteiger partial charge in [0, 0.05) is 18.0 Å². The molecule has 0 fully saturated rings. The standard InChI is InChI=1S/C16H13F2N3O3S3/c1-21(27(23,24)15-3-2-6-25-15)8-14(22)20-16-19-13(9-26-16)10-4-5-11(17)12(18)7-10/h2-7,9H,8H2,1H3,(H,19,20,22). The summed E-state index contributed by atoms with van der Waals surface area (Å²) in [5.41, 5.74) is 0.733. The third kappa shape index (κ3) is 4.38. The number of halogens is 2. The normalized spacial score (nSPS) is 11.7. The van der Waals surface area contributed by atoms with E-state index >= 15 is 0 Å². The second-order valence-corrected chi connectivity index (χ2v) is 9.49. The monoisotopic (exact) mass is 429 g/mol. The SMILES string of the molecule is CN(CC(=O)Nc1nc(-c2ccc(F)c(F)c2)cs1)S(=O)(=O)c1cccs1. The molecule has 3 rings (SSSR count). The molecule has 27 heavy (non-hydrogen) atoms. The number of anilines is 1. The van der Waals surface area contributed by atoms with Gasteiger partial charge in [0.1, 0.15) is 4.21 Å². The van der Waals surface area contributed by atoms with E-state index in [4.69, 9.17) is 0 Å². The second kappa shape index (κ2) is 7.80. The van der Waals surface area contributed by atoms with E-state index in [2.05, 4.69) is 10.3 Å². The predicted molar refractivity (Wildman–Crippen MR) is 100 cm³/mol. The molecule has 1 amide bonds. The Balaban J connectivity index is 1.66. The highest BCUT2D eigenvalue weighted by molar-refractivity contribution is 7.91. The van der Waals surface area contributed by atoms with Gasteiger partial charge >= 0.3 is 0 Å². The number of thiazole rings is 1. The van der Waals surface area contributed by atoms with Crippen molar-refractivity contribution >= 4 is 43.7 Å². The number of carbonyl (C=O) groups is 1. The number of amides is 1. The highest BCUT2D eigenvalue weighted by atomic mass is 32.2. The molecule has 2 heterocycles. The Bertz CT molecular complexity index is 1070. The zero-order valence-corrected chi connectivity index (χ0v) is 16.3. The number of nitrogens with zero attached hydrogens (tertiary/aromatic N) is 2. The molecule has 0 aliphatic heterocycles. The summed E-state index contributed by atoms with van der Waals surface area (Å²) in [6.07, 6.45) is 0. The molecular formula is C16H13F2N3O3S3. The molecule has 0 unspecified atom stereocenters. The van der Waals surface area contributed by atoms with Gasteiger partial charge in [0.05, 0.1) is 12.2 Å². The van der Waals surface area contributed by atoms with Crippen LogP contribution in [0.2, 0.25) is 0 Å². The van der Waals surface area contributed by atoms with E-state index in [0.29, 0.717) is 11.3 Å². The zero-order chi connectivity index (χ0) is 19.6. The van der Waals surface area contributed by atoms with Gasteiger partial charge in [0.15, 0.2) is 16.8 Å². The number of hydrogen-bond donors (Lipinski definition) is 1. The van der Waals surface area contributed by atoms with Crippen molar-refractivity contribution < 1.29 is 22.0 Å². The molecule has 2 aromatic heterocycles. The molecule has 1 aromatic carbocycles. The highest BCUT2D eigenvalue weighted by Gasteiger charge is 2.24. The second-order valence-electron chi connectivity index (χ2n) is 5.41. The van der Waals surface area contributed by atoms with Gasteiger partial charge in [0.25, 0.3) is 10.0 Å². The van der Waals surface area contributed by atoms with Crippen LogP contribution >= 0.6 is 22.7 Å². The van der Waals surface area contributed by atoms with E-state index in [1.54, 1.807) is 16.8 Å². The van der Waals surface area contributed by atoms with E-state index in [1.807, 2.05) is 0 Å². The van der Waals surface area contributed by atoms with Crippen molar-refractivity contribution in [1.29, 1.82) is 0 Å². The summed E-state index contributed by atoms with van der Waals surface area (Å²) < 4.78 is 52.0. The minimum Gasteiger partial charge on any atom is -0.301 e. The van der Waals surface area contributed by atoms with Crippen molar-refractivity contribution in [2.24, 2.45) is 0 Å². The summed E-state index contributed by atoms with van der Waals surface area (Å²) in [5.74, 6) is -2.52. The molecule has 0 radical (unpaired) electrons. The van der Waals surface area contributed by atoms with Gasteiger partial charge in [0.2, 0.25) is 5.91 Å². The van der Waals surface area contributed by atoms with Gasteiger partial charge in [-0.1, -0.05) is 6.07 Å². The first-order valence-electron chi connectivity index (χ1n) is 7.48. The van der Waals surface area contributed by atoms with E-state index in [1.165, 1.54) is 19.2 Å². The van der Waals surface area contributed by atoms with Crippen LogP contribution in [0.1, 0.15) is 0 Å². The lowest BCUT2D eigenvalue weighted by Crippen LogP contribution is -2.34. The topological polar surface area (TPSA) is 79.4 Å². The number of aromatic nitrogens is 1. The molecule has 0 atom stereocenters. The van der Waals surface area contributed by atoms with Crippen molar-refractivity contribution in [3.05, 3.63) is 52.7 Å². The van der Waals surface area contributed by atoms with Crippen LogP contribution in [0.5, 0.6) is 0 Å². The fourth-order valence-electron chi connectivity index (χ4n) is 2.13. The summed E-state index contributed by atoms with van der Waals surface area (Å²) in [6.45, 7) is -0.389. The molecular weight excluding hydrogens is 416 g/mol. The molecule has 11 heteroatoms. The van der Waals surface area contributed by atoms with Crippen LogP contribution < -0.4 is 5.32 Å². The highest BCUT2D eigenvalue weighted by Crippen LogP contribution is 2.26. The number of carbonyl (C=O) groups excluding carboxylic acids is 1. The number of thiophene rings is 1. The number of rotatable bonds is 6. The van der Waals surface area contributed by atoms with E-state index in [9.17, 15) is 22.0 Å². The average molecular weight is 429 g/mol. The van der Waals surface area contributed by atoms with Gasteiger partial charge < -0.3 is 5.32 Å². The first kappa shape index (κ1) is 19.5. The van der Waals surface area contributed by atoms with E-state index in [-0.39, 0.29) is 15.9 Å². The quantitative estimate of drug-likeness (QED) is 0.651. The third-order valence-corrected chi connectivity index (χ3v) is 7.43. The Labute approximate surface area is 162 Å². The van der Waals surface area contributed by atoms with Gasteiger partial charge in [-0.15, -0.1) is 22.7 Å². The van der Waals surface area contributed by atoms with Crippen molar-refractivity contribution in [3.63, 3.8) is 0 Å². The first-order chi connectivity index (χ1) is 12.8. The number of nitrogens with one attached hydrogen (secondary N) is 1. The maximum absolute atomic E-state index is 13.3. The Hall–Kier alpha value is -2.21. The van der Waals surface area contributed by atoms with Crippen LogP contribution in [0, 0.1) is 11.6 Å². The molecule has 0 bridgehead atoms. The fourth-order valence-corrected chi connectivity index (χ4v) is 5.19. The zero-order valence-electron chi connectivity index (χ0n) is 13.8. The van der Waals surface area contributed by atoms with Crippen LogP contribution in [0.3, 0.4) is 0 Å². The largest absolute Gasteiger partial charge is 0.301 e. The maximum Gasteiger partial charge on any atom is 0.252 e. The minimum atomic E-state index is -3.73. The first-order valence-corrected chi connectivity index (χ1v) is 10.7. The van der Waals surface area contributed by atoms with Gasteiger partial charge in [-0.3, -0.25) is 4.79 Å². The van der Waals surface area contributed by atoms with Crippen molar-refractivity contribution in [2.45, 2.75) is 4.21 Å². The molecule has 0 saturated heterocycles. The summed E-state index contributed by atoms with van der Waals surface area (Å²) in [4.78, 5) is 16.3. The van der Waals surface area contributed by atoms with Crippen LogP contribution in [-0.4, -0.2) is 37.2 Å². The Morgan fingerprint density at radius 1 is 1.22 bits per heavy atom. The molecule has 0 aliphatic rings. The summed E-state index contributed by atoms with van der Waals surface area (Å²) in [5, 5.41) is 5.94. The Morgan fingerprint density at radius 2 is 2.00 bits per heavy atom. The summed E-state index contributed by atoms with van der Waals surface area (Å²) in [6, 6.07) is 6.45. The molecule has 142 valence electrons. The lowest BCUT2D eigenvalue weighted by molar-refractivity contribution is -0.116. The number of sulfonamides is 1. The van der Waals surface area contributed by atoms with Crippen molar-refractivity contribution in [1.82, 2.24) is 9.29 Å². The van der Waals surface area contributed by atoms with E-state index < -0.39 is 27.6 Å². The molecule has 3 aromatic rings. The Morgan fingerprint density at radius 3 is 2.67 bits per heavy atom. The smallest absolute Gasteiger partial charge is 0.252 e. The minimum absolute atomic E-state index is 0.146. The van der Waals surface area contributed by atoms with Gasteiger partial charge in [-0.2, -0.15) is 4.31 Å². The molecule has 1 N–H and O–H groups in total. The predicted octanol–water partition coefficient (Wildman–Crippen LogP) is 3.41. The van der Waals surface area contributed by atoms with Crippen molar-refractivity contribution in [3.8, 4) is 11.3 Å². The fraction of sp³-hybridized carbons (Fsp3) is 0.125. The molecule has 6 nitrogen and oxygen atoms in total. The lowest BCUT2D eigenvalue weighted by Gasteiger charge is -2.14. The number of likely N-dealkylation sites (N-methyl/N-ethyl adjacent to an activating group) is 1. The van der Waals surface area contributed by atoms with Gasteiger partial charge in [-0.25, -0.2) is 22.2 Å². The van der Waals surface area contributed by atoms with Crippen LogP contribution in [0.25, 0.3) is 11.3 Å². The van der Waals surface area contributed by atoms with E-state index in [0.717, 1.165) is 39.1 Å². The van der Waals surface area contributed by atoms with Gasteiger partial charge in [-0.05, 0) is 29.6 Å². The molecule has 0 spiro atoms. The van der Waals surface area contributed by atoms with Crippen LogP contribution in [0.15, 0.2) is 45.3 Å². The van der Waals surface area contributed by atoms with Crippen molar-refractivity contribution in [2.75, 3.05) is 18.9 Å². The maximum atomic E-state index is 13.3. The number of hydrogen-bond acceptors (Lipinski definition) is 6. The molecule has 0 aliphatic carbocycles. The molecule has 0 saturated carbocycles. The lowest BCUT2D eigenvalue weighted by atomic mass is 10.2. The third-order valence-electron chi connectivity index (χ3n) is 3.49. The summed E-state index contributed by atoms with van der Waals surface area (Å²) in [7, 11) is -2.42. The van der Waals surface area contributed by atoms with Crippen LogP contribution in [0.4, 0.5) is 13.9 Å².